The van der Waals surface area contributed by atoms with Crippen molar-refractivity contribution in [1.82, 2.24) is 10.2 Å². The number of ether oxygens (including phenoxy) is 2. The van der Waals surface area contributed by atoms with Crippen molar-refractivity contribution in [2.75, 3.05) is 39.4 Å². The van der Waals surface area contributed by atoms with Crippen LogP contribution in [0, 0.1) is 0 Å². The van der Waals surface area contributed by atoms with E-state index in [1.807, 2.05) is 4.90 Å². The third-order valence-electron chi connectivity index (χ3n) is 3.92. The van der Waals surface area contributed by atoms with Crippen molar-refractivity contribution >= 4 is 5.91 Å². The quantitative estimate of drug-likeness (QED) is 0.735. The molecule has 19 heavy (non-hydrogen) atoms. The molecular weight excluding hydrogens is 244 g/mol. The predicted molar refractivity (Wildman–Crippen MR) is 72.8 cm³/mol. The maximum absolute atomic E-state index is 12.0. The fraction of sp³-hybridized carbons (Fsp3) is 0.929. The van der Waals surface area contributed by atoms with E-state index in [9.17, 15) is 4.79 Å². The van der Waals surface area contributed by atoms with Gasteiger partial charge in [-0.15, -0.1) is 0 Å². The van der Waals surface area contributed by atoms with Crippen molar-refractivity contribution in [2.24, 2.45) is 0 Å². The highest BCUT2D eigenvalue weighted by Gasteiger charge is 2.40. The second-order valence-corrected chi connectivity index (χ2v) is 5.37. The molecule has 1 spiro atoms. The van der Waals surface area contributed by atoms with Crippen molar-refractivity contribution in [1.29, 1.82) is 0 Å². The molecule has 2 fully saturated rings. The van der Waals surface area contributed by atoms with Crippen LogP contribution in [0.15, 0.2) is 0 Å². The average Bonchev–Trinajstić information content (AvgIpc) is 2.87. The minimum atomic E-state index is -0.384. The van der Waals surface area contributed by atoms with Gasteiger partial charge in [0.15, 0.2) is 5.79 Å². The van der Waals surface area contributed by atoms with Crippen LogP contribution < -0.4 is 5.32 Å². The first-order valence-electron chi connectivity index (χ1n) is 7.52. The molecule has 5 heteroatoms. The Balaban J connectivity index is 1.62. The average molecular weight is 270 g/mol. The van der Waals surface area contributed by atoms with Gasteiger partial charge in [0, 0.05) is 25.9 Å². The van der Waals surface area contributed by atoms with Gasteiger partial charge in [0.1, 0.15) is 0 Å². The molecule has 0 unspecified atom stereocenters. The number of hydrogen-bond acceptors (Lipinski definition) is 4. The maximum atomic E-state index is 12.0. The highest BCUT2D eigenvalue weighted by Crippen LogP contribution is 2.31. The van der Waals surface area contributed by atoms with Gasteiger partial charge in [0.25, 0.3) is 0 Å². The second kappa shape index (κ2) is 7.22. The largest absolute Gasteiger partial charge is 0.347 e. The molecule has 0 saturated carbocycles. The molecule has 2 rings (SSSR count). The molecule has 0 aromatic heterocycles. The lowest BCUT2D eigenvalue weighted by atomic mass is 10.0. The third kappa shape index (κ3) is 4.16. The monoisotopic (exact) mass is 270 g/mol. The normalized spacial score (nSPS) is 22.1. The number of nitrogens with zero attached hydrogens (tertiary/aromatic N) is 1. The third-order valence-corrected chi connectivity index (χ3v) is 3.92. The van der Waals surface area contributed by atoms with E-state index in [1.165, 1.54) is 12.8 Å². The lowest BCUT2D eigenvalue weighted by molar-refractivity contribution is -0.187. The van der Waals surface area contributed by atoms with E-state index in [4.69, 9.17) is 9.47 Å². The predicted octanol–water partition coefficient (Wildman–Crippen LogP) is 1.13. The van der Waals surface area contributed by atoms with Crippen LogP contribution in [0.25, 0.3) is 0 Å². The minimum absolute atomic E-state index is 0.198. The number of unbranched alkanes of at least 4 members (excludes halogenated alkanes) is 2. The first-order chi connectivity index (χ1) is 9.26. The summed E-state index contributed by atoms with van der Waals surface area (Å²) in [5.41, 5.74) is 0. The molecule has 0 bridgehead atoms. The van der Waals surface area contributed by atoms with Gasteiger partial charge in [-0.3, -0.25) is 4.79 Å². The highest BCUT2D eigenvalue weighted by molar-refractivity contribution is 5.78. The van der Waals surface area contributed by atoms with Crippen molar-refractivity contribution in [3.63, 3.8) is 0 Å². The van der Waals surface area contributed by atoms with Crippen LogP contribution in [0.5, 0.6) is 0 Å². The molecular formula is C14H26N2O3. The Hall–Kier alpha value is -0.650. The number of likely N-dealkylation sites (tertiary alicyclic amines) is 1. The molecule has 0 aromatic carbocycles. The van der Waals surface area contributed by atoms with Crippen molar-refractivity contribution in [2.45, 2.75) is 44.8 Å². The number of amides is 1. The van der Waals surface area contributed by atoms with E-state index in [-0.39, 0.29) is 11.7 Å². The summed E-state index contributed by atoms with van der Waals surface area (Å²) in [6.45, 7) is 6.44. The van der Waals surface area contributed by atoms with Gasteiger partial charge in [-0.05, 0) is 13.0 Å². The molecule has 2 aliphatic rings. The number of carbonyl (C=O) groups is 1. The van der Waals surface area contributed by atoms with Crippen molar-refractivity contribution in [3.8, 4) is 0 Å². The summed E-state index contributed by atoms with van der Waals surface area (Å²) in [6.07, 6.45) is 5.18. The molecule has 2 aliphatic heterocycles. The van der Waals surface area contributed by atoms with Crippen molar-refractivity contribution < 1.29 is 14.3 Å². The Morgan fingerprint density at radius 1 is 1.21 bits per heavy atom. The smallest absolute Gasteiger partial charge is 0.236 e. The number of carbonyl (C=O) groups excluding carboxylic acids is 1. The van der Waals surface area contributed by atoms with Gasteiger partial charge in [-0.2, -0.15) is 0 Å². The molecule has 110 valence electrons. The number of hydrogen-bond donors (Lipinski definition) is 1. The second-order valence-electron chi connectivity index (χ2n) is 5.37. The van der Waals surface area contributed by atoms with Gasteiger partial charge < -0.3 is 19.7 Å². The summed E-state index contributed by atoms with van der Waals surface area (Å²) in [4.78, 5) is 13.9. The molecule has 5 nitrogen and oxygen atoms in total. The summed E-state index contributed by atoms with van der Waals surface area (Å²) in [5.74, 6) is -0.185. The van der Waals surface area contributed by atoms with Gasteiger partial charge in [-0.25, -0.2) is 0 Å². The van der Waals surface area contributed by atoms with E-state index in [0.717, 1.165) is 38.9 Å². The molecule has 0 atom stereocenters. The van der Waals surface area contributed by atoms with E-state index >= 15 is 0 Å². The Morgan fingerprint density at radius 2 is 1.89 bits per heavy atom. The maximum Gasteiger partial charge on any atom is 0.236 e. The van der Waals surface area contributed by atoms with E-state index in [2.05, 4.69) is 12.2 Å². The van der Waals surface area contributed by atoms with Crippen LogP contribution in [0.3, 0.4) is 0 Å². The molecule has 0 aliphatic carbocycles. The SMILES string of the molecule is CCCCCNCC(=O)N1CCC2(CC1)OCCO2. The number of nitrogens with one attached hydrogen (secondary N) is 1. The topological polar surface area (TPSA) is 50.8 Å². The fourth-order valence-corrected chi connectivity index (χ4v) is 2.69. The summed E-state index contributed by atoms with van der Waals surface area (Å²) < 4.78 is 11.3. The highest BCUT2D eigenvalue weighted by atomic mass is 16.7. The fourth-order valence-electron chi connectivity index (χ4n) is 2.69. The Morgan fingerprint density at radius 3 is 2.53 bits per heavy atom. The first kappa shape index (κ1) is 14.8. The molecule has 0 radical (unpaired) electrons. The molecule has 0 aromatic rings. The first-order valence-corrected chi connectivity index (χ1v) is 7.52. The van der Waals surface area contributed by atoms with Crippen LogP contribution in [0.1, 0.15) is 39.0 Å². The zero-order valence-corrected chi connectivity index (χ0v) is 12.0. The van der Waals surface area contributed by atoms with Gasteiger partial charge in [-0.1, -0.05) is 19.8 Å². The van der Waals surface area contributed by atoms with Crippen molar-refractivity contribution in [3.05, 3.63) is 0 Å². The van der Waals surface area contributed by atoms with Crippen LogP contribution in [-0.2, 0) is 14.3 Å². The zero-order chi connectivity index (χ0) is 13.6. The van der Waals surface area contributed by atoms with Crippen LogP contribution in [-0.4, -0.2) is 56.0 Å². The Bertz CT molecular complexity index is 280. The van der Waals surface area contributed by atoms with Crippen LogP contribution in [0.4, 0.5) is 0 Å². The minimum Gasteiger partial charge on any atom is -0.347 e. The zero-order valence-electron chi connectivity index (χ0n) is 12.0. The Kier molecular flexibility index (Phi) is 5.60. The van der Waals surface area contributed by atoms with Gasteiger partial charge in [0.05, 0.1) is 19.8 Å². The lowest BCUT2D eigenvalue weighted by Crippen LogP contribution is -2.49. The van der Waals surface area contributed by atoms with Crippen LogP contribution >= 0.6 is 0 Å². The molecule has 2 heterocycles. The lowest BCUT2D eigenvalue weighted by Gasteiger charge is -2.37. The van der Waals surface area contributed by atoms with Crippen LogP contribution in [0.2, 0.25) is 0 Å². The summed E-state index contributed by atoms with van der Waals surface area (Å²) in [5, 5.41) is 3.22. The molecule has 1 N–H and O–H groups in total. The number of rotatable bonds is 6. The summed E-state index contributed by atoms with van der Waals surface area (Å²) >= 11 is 0. The molecule has 2 saturated heterocycles. The molecule has 1 amide bonds. The summed E-state index contributed by atoms with van der Waals surface area (Å²) in [7, 11) is 0. The van der Waals surface area contributed by atoms with Gasteiger partial charge >= 0.3 is 0 Å². The number of piperidine rings is 1. The van der Waals surface area contributed by atoms with Gasteiger partial charge in [0.2, 0.25) is 5.91 Å². The van der Waals surface area contributed by atoms with E-state index in [1.54, 1.807) is 0 Å². The summed E-state index contributed by atoms with van der Waals surface area (Å²) in [6, 6.07) is 0. The van der Waals surface area contributed by atoms with E-state index in [0.29, 0.717) is 19.8 Å². The van der Waals surface area contributed by atoms with E-state index < -0.39 is 0 Å². The Labute approximate surface area is 115 Å². The standard InChI is InChI=1S/C14H26N2O3/c1-2-3-4-7-15-12-13(17)16-8-5-14(6-9-16)18-10-11-19-14/h15H,2-12H2,1H3.